The van der Waals surface area contributed by atoms with Crippen molar-refractivity contribution in [2.75, 3.05) is 11.1 Å². The minimum atomic E-state index is -4.64. The average molecular weight is 524 g/mol. The van der Waals surface area contributed by atoms with Crippen LogP contribution in [-0.4, -0.2) is 16.7 Å². The zero-order valence-electron chi connectivity index (χ0n) is 19.8. The van der Waals surface area contributed by atoms with E-state index in [9.17, 15) is 22.8 Å². The van der Waals surface area contributed by atoms with Gasteiger partial charge in [0.15, 0.2) is 5.78 Å². The number of aryl methyl sites for hydroxylation is 1. The van der Waals surface area contributed by atoms with Crippen LogP contribution in [0.2, 0.25) is 0 Å². The van der Waals surface area contributed by atoms with E-state index in [2.05, 4.69) is 10.3 Å². The van der Waals surface area contributed by atoms with E-state index in [0.717, 1.165) is 30.6 Å². The largest absolute Gasteiger partial charge is 0.417 e. The number of thiophene rings is 1. The molecule has 5 nitrogen and oxygen atoms in total. The summed E-state index contributed by atoms with van der Waals surface area (Å²) in [5.74, 6) is -0.976. The predicted octanol–water partition coefficient (Wildman–Crippen LogP) is 7.04. The van der Waals surface area contributed by atoms with Crippen molar-refractivity contribution >= 4 is 44.6 Å². The van der Waals surface area contributed by atoms with Crippen LogP contribution in [0.3, 0.4) is 0 Å². The summed E-state index contributed by atoms with van der Waals surface area (Å²) in [5, 5.41) is 2.48. The van der Waals surface area contributed by atoms with E-state index >= 15 is 0 Å². The summed E-state index contributed by atoms with van der Waals surface area (Å²) in [6, 6.07) is 15.1. The lowest BCUT2D eigenvalue weighted by atomic mass is 9.91. The van der Waals surface area contributed by atoms with Crippen LogP contribution in [0, 0.1) is 0 Å². The maximum absolute atomic E-state index is 14.4. The molecule has 2 aromatic heterocycles. The van der Waals surface area contributed by atoms with E-state index in [1.54, 1.807) is 54.6 Å². The van der Waals surface area contributed by atoms with Crippen molar-refractivity contribution in [1.29, 1.82) is 0 Å². The molecule has 0 atom stereocenters. The van der Waals surface area contributed by atoms with Crippen LogP contribution in [-0.2, 0) is 19.0 Å². The van der Waals surface area contributed by atoms with Gasteiger partial charge >= 0.3 is 6.18 Å². The fourth-order valence-corrected chi connectivity index (χ4v) is 5.88. The van der Waals surface area contributed by atoms with Gasteiger partial charge in [0, 0.05) is 22.2 Å². The number of carbonyl (C=O) groups excluding carboxylic acids is 2. The van der Waals surface area contributed by atoms with Gasteiger partial charge in [0.1, 0.15) is 9.71 Å². The number of rotatable bonds is 4. The SMILES string of the molecule is Nc1c(C(=O)Nc2ccccc2C(=O)c2ccccc2)sc2nc3c(c(C(F)(F)F)c12)CCCCCC3. The Kier molecular flexibility index (Phi) is 6.72. The van der Waals surface area contributed by atoms with Gasteiger partial charge in [0.2, 0.25) is 0 Å². The highest BCUT2D eigenvalue weighted by Crippen LogP contribution is 2.45. The van der Waals surface area contributed by atoms with Crippen LogP contribution in [0.5, 0.6) is 0 Å². The molecule has 0 saturated carbocycles. The van der Waals surface area contributed by atoms with E-state index in [4.69, 9.17) is 5.73 Å². The molecule has 2 heterocycles. The molecule has 3 N–H and O–H groups in total. The lowest BCUT2D eigenvalue weighted by molar-refractivity contribution is -0.137. The maximum Gasteiger partial charge on any atom is 0.417 e. The molecular weight excluding hydrogens is 499 g/mol. The number of hydrogen-bond donors (Lipinski definition) is 2. The number of anilines is 2. The standard InChI is InChI=1S/C28H24F3N3O2S/c29-28(30,31)22-17-12-6-1-2-7-14-19(17)34-27-21(22)23(32)25(37-27)26(36)33-20-15-9-8-13-18(20)24(35)16-10-4-3-5-11-16/h3-5,8-11,13,15H,1-2,6-7,12,14,32H2,(H,33,36). The number of carbonyl (C=O) groups is 2. The summed E-state index contributed by atoms with van der Waals surface area (Å²) >= 11 is 0.844. The molecule has 1 amide bonds. The smallest absolute Gasteiger partial charge is 0.397 e. The third-order valence-corrected chi connectivity index (χ3v) is 7.70. The molecule has 0 saturated heterocycles. The number of nitrogen functional groups attached to an aromatic ring is 1. The Morgan fingerprint density at radius 2 is 1.59 bits per heavy atom. The number of fused-ring (bicyclic) bond motifs is 2. The molecule has 5 rings (SSSR count). The van der Waals surface area contributed by atoms with Gasteiger partial charge in [-0.15, -0.1) is 11.3 Å². The van der Waals surface area contributed by atoms with E-state index in [1.165, 1.54) is 0 Å². The number of nitrogens with two attached hydrogens (primary N) is 1. The molecule has 190 valence electrons. The normalized spacial score (nSPS) is 14.0. The van der Waals surface area contributed by atoms with Crippen molar-refractivity contribution < 1.29 is 22.8 Å². The van der Waals surface area contributed by atoms with E-state index in [1.807, 2.05) is 0 Å². The second-order valence-electron chi connectivity index (χ2n) is 9.04. The van der Waals surface area contributed by atoms with Crippen LogP contribution >= 0.6 is 11.3 Å². The quantitative estimate of drug-likeness (QED) is 0.281. The monoisotopic (exact) mass is 523 g/mol. The number of alkyl halides is 3. The first-order chi connectivity index (χ1) is 17.8. The van der Waals surface area contributed by atoms with Crippen molar-refractivity contribution in [2.45, 2.75) is 44.7 Å². The van der Waals surface area contributed by atoms with Crippen molar-refractivity contribution in [3.8, 4) is 0 Å². The minimum Gasteiger partial charge on any atom is -0.397 e. The first kappa shape index (κ1) is 25.0. The molecule has 0 aliphatic heterocycles. The number of hydrogen-bond acceptors (Lipinski definition) is 5. The fourth-order valence-electron chi connectivity index (χ4n) is 4.86. The second kappa shape index (κ2) is 9.97. The van der Waals surface area contributed by atoms with Crippen molar-refractivity contribution in [3.05, 3.63) is 87.4 Å². The first-order valence-electron chi connectivity index (χ1n) is 12.1. The summed E-state index contributed by atoms with van der Waals surface area (Å²) in [6.07, 6.45) is -0.676. The Morgan fingerprint density at radius 3 is 2.32 bits per heavy atom. The van der Waals surface area contributed by atoms with E-state index in [-0.39, 0.29) is 49.8 Å². The number of halogens is 3. The van der Waals surface area contributed by atoms with Gasteiger partial charge in [-0.2, -0.15) is 13.2 Å². The molecule has 0 unspecified atom stereocenters. The number of para-hydroxylation sites is 1. The van der Waals surface area contributed by atoms with E-state index < -0.39 is 17.6 Å². The number of benzene rings is 2. The van der Waals surface area contributed by atoms with Crippen LogP contribution in [0.25, 0.3) is 10.2 Å². The molecule has 37 heavy (non-hydrogen) atoms. The Morgan fingerprint density at radius 1 is 0.919 bits per heavy atom. The first-order valence-corrected chi connectivity index (χ1v) is 12.9. The van der Waals surface area contributed by atoms with Gasteiger partial charge in [-0.05, 0) is 43.4 Å². The molecule has 0 bridgehead atoms. The van der Waals surface area contributed by atoms with Gasteiger partial charge in [0.05, 0.1) is 16.9 Å². The summed E-state index contributed by atoms with van der Waals surface area (Å²) in [7, 11) is 0. The highest BCUT2D eigenvalue weighted by Gasteiger charge is 2.39. The molecule has 4 aromatic rings. The van der Waals surface area contributed by atoms with Gasteiger partial charge in [-0.1, -0.05) is 55.3 Å². The van der Waals surface area contributed by atoms with Gasteiger partial charge in [0.25, 0.3) is 5.91 Å². The van der Waals surface area contributed by atoms with Crippen LogP contribution in [0.4, 0.5) is 24.5 Å². The number of pyridine rings is 1. The summed E-state index contributed by atoms with van der Waals surface area (Å²) in [6.45, 7) is 0. The summed E-state index contributed by atoms with van der Waals surface area (Å²) < 4.78 is 43.1. The molecule has 1 aliphatic rings. The van der Waals surface area contributed by atoms with E-state index in [0.29, 0.717) is 24.1 Å². The lowest BCUT2D eigenvalue weighted by Crippen LogP contribution is -2.16. The molecule has 9 heteroatoms. The van der Waals surface area contributed by atoms with Crippen molar-refractivity contribution in [3.63, 3.8) is 0 Å². The average Bonchev–Trinajstić information content (AvgIpc) is 3.19. The third kappa shape index (κ3) is 4.83. The van der Waals surface area contributed by atoms with Gasteiger partial charge in [-0.3, -0.25) is 9.59 Å². The Hall–Kier alpha value is -3.72. The number of nitrogens with zero attached hydrogens (tertiary/aromatic N) is 1. The number of amides is 1. The molecule has 0 spiro atoms. The number of ketones is 1. The van der Waals surface area contributed by atoms with Crippen LogP contribution in [0.1, 0.15) is 68.1 Å². The molecule has 1 aliphatic carbocycles. The lowest BCUT2D eigenvalue weighted by Gasteiger charge is -2.20. The van der Waals surface area contributed by atoms with Crippen LogP contribution < -0.4 is 11.1 Å². The van der Waals surface area contributed by atoms with Crippen molar-refractivity contribution in [1.82, 2.24) is 4.98 Å². The zero-order chi connectivity index (χ0) is 26.2. The van der Waals surface area contributed by atoms with Crippen LogP contribution in [0.15, 0.2) is 54.6 Å². The zero-order valence-corrected chi connectivity index (χ0v) is 20.6. The number of aromatic nitrogens is 1. The van der Waals surface area contributed by atoms with Crippen molar-refractivity contribution in [2.24, 2.45) is 0 Å². The Bertz CT molecular complexity index is 1500. The Labute approximate surface area is 215 Å². The second-order valence-corrected chi connectivity index (χ2v) is 10.0. The third-order valence-electron chi connectivity index (χ3n) is 6.60. The highest BCUT2D eigenvalue weighted by molar-refractivity contribution is 7.21. The minimum absolute atomic E-state index is 0.0621. The summed E-state index contributed by atoms with van der Waals surface area (Å²) in [4.78, 5) is 30.9. The molecule has 0 fully saturated rings. The molecular formula is C28H24F3N3O2S. The Balaban J connectivity index is 1.57. The molecule has 2 aromatic carbocycles. The fraction of sp³-hybridized carbons (Fsp3) is 0.250. The highest BCUT2D eigenvalue weighted by atomic mass is 32.1. The maximum atomic E-state index is 14.4. The summed E-state index contributed by atoms with van der Waals surface area (Å²) in [5.41, 5.74) is 6.79. The topological polar surface area (TPSA) is 85.1 Å². The molecule has 0 radical (unpaired) electrons. The number of nitrogens with one attached hydrogen (secondary N) is 1. The van der Waals surface area contributed by atoms with Gasteiger partial charge in [-0.25, -0.2) is 4.98 Å². The van der Waals surface area contributed by atoms with Gasteiger partial charge < -0.3 is 11.1 Å². The predicted molar refractivity (Wildman–Crippen MR) is 139 cm³/mol.